The number of ether oxygens (including phenoxy) is 1. The van der Waals surface area contributed by atoms with Crippen molar-refractivity contribution in [3.63, 3.8) is 0 Å². The second-order valence-electron chi connectivity index (χ2n) is 7.72. The number of thioether (sulfide) groups is 1. The summed E-state index contributed by atoms with van der Waals surface area (Å²) in [4.78, 5) is 37.7. The lowest BCUT2D eigenvalue weighted by atomic mass is 10.1. The SMILES string of the molecule is COC(=O)c1ccc(C(=O)Nc2cc(Cl)c(NC(=O)C(C)S(=O)(=O)c3ccc(SC)cc3)cc2O)cc1. The number of hydrogen-bond acceptors (Lipinski definition) is 8. The summed E-state index contributed by atoms with van der Waals surface area (Å²) in [6.45, 7) is 1.25. The summed E-state index contributed by atoms with van der Waals surface area (Å²) in [5.41, 5.74) is 0.382. The smallest absolute Gasteiger partial charge is 0.337 e. The van der Waals surface area contributed by atoms with E-state index in [1.165, 1.54) is 68.3 Å². The summed E-state index contributed by atoms with van der Waals surface area (Å²) in [5, 5.41) is 13.8. The van der Waals surface area contributed by atoms with Gasteiger partial charge in [-0.2, -0.15) is 0 Å². The van der Waals surface area contributed by atoms with Crippen LogP contribution in [0.2, 0.25) is 5.02 Å². The third-order valence-electron chi connectivity index (χ3n) is 5.38. The average Bonchev–Trinajstić information content (AvgIpc) is 2.90. The molecule has 1 unspecified atom stereocenters. The van der Waals surface area contributed by atoms with Gasteiger partial charge < -0.3 is 20.5 Å². The van der Waals surface area contributed by atoms with Gasteiger partial charge in [-0.25, -0.2) is 13.2 Å². The summed E-state index contributed by atoms with van der Waals surface area (Å²) in [5.74, 6) is -2.41. The van der Waals surface area contributed by atoms with Crippen molar-refractivity contribution in [2.75, 3.05) is 24.0 Å². The second-order valence-corrected chi connectivity index (χ2v) is 11.3. The van der Waals surface area contributed by atoms with Crippen molar-refractivity contribution in [1.29, 1.82) is 0 Å². The molecule has 2 amide bonds. The van der Waals surface area contributed by atoms with Crippen LogP contribution in [0.5, 0.6) is 5.75 Å². The zero-order valence-electron chi connectivity index (χ0n) is 19.9. The van der Waals surface area contributed by atoms with E-state index in [0.29, 0.717) is 0 Å². The van der Waals surface area contributed by atoms with Crippen LogP contribution in [0, 0.1) is 0 Å². The van der Waals surface area contributed by atoms with Crippen LogP contribution in [0.4, 0.5) is 11.4 Å². The predicted molar refractivity (Wildman–Crippen MR) is 142 cm³/mol. The minimum Gasteiger partial charge on any atom is -0.506 e. The molecule has 3 N–H and O–H groups in total. The number of phenolic OH excluding ortho intramolecular Hbond substituents is 1. The monoisotopic (exact) mass is 562 g/mol. The van der Waals surface area contributed by atoms with Crippen molar-refractivity contribution in [1.82, 2.24) is 0 Å². The fraction of sp³-hybridized carbons (Fsp3) is 0.160. The molecule has 0 radical (unpaired) electrons. The van der Waals surface area contributed by atoms with E-state index in [4.69, 9.17) is 11.6 Å². The number of esters is 1. The van der Waals surface area contributed by atoms with E-state index < -0.39 is 38.6 Å². The largest absolute Gasteiger partial charge is 0.506 e. The van der Waals surface area contributed by atoms with Crippen LogP contribution in [-0.4, -0.2) is 49.9 Å². The molecule has 9 nitrogen and oxygen atoms in total. The molecule has 0 aliphatic carbocycles. The fourth-order valence-corrected chi connectivity index (χ4v) is 5.06. The first-order chi connectivity index (χ1) is 17.5. The highest BCUT2D eigenvalue weighted by Gasteiger charge is 2.30. The highest BCUT2D eigenvalue weighted by atomic mass is 35.5. The Morgan fingerprint density at radius 2 is 1.54 bits per heavy atom. The van der Waals surface area contributed by atoms with Crippen LogP contribution in [-0.2, 0) is 19.4 Å². The number of rotatable bonds is 8. The molecular weight excluding hydrogens is 540 g/mol. The molecule has 12 heteroatoms. The van der Waals surface area contributed by atoms with Gasteiger partial charge in [0.15, 0.2) is 9.84 Å². The molecule has 37 heavy (non-hydrogen) atoms. The average molecular weight is 563 g/mol. The van der Waals surface area contributed by atoms with E-state index in [9.17, 15) is 27.9 Å². The van der Waals surface area contributed by atoms with Crippen LogP contribution in [0.15, 0.2) is 70.5 Å². The Morgan fingerprint density at radius 1 is 0.946 bits per heavy atom. The van der Waals surface area contributed by atoms with Crippen molar-refractivity contribution >= 4 is 62.4 Å². The number of sulfone groups is 1. The quantitative estimate of drug-likeness (QED) is 0.205. The van der Waals surface area contributed by atoms with Gasteiger partial charge in [0, 0.05) is 16.5 Å². The van der Waals surface area contributed by atoms with E-state index >= 15 is 0 Å². The third kappa shape index (κ3) is 6.43. The third-order valence-corrected chi connectivity index (χ3v) is 8.51. The molecule has 3 aromatic rings. The van der Waals surface area contributed by atoms with E-state index in [1.54, 1.807) is 12.1 Å². The fourth-order valence-electron chi connectivity index (χ4n) is 3.17. The molecule has 0 aromatic heterocycles. The minimum atomic E-state index is -3.98. The number of halogens is 1. The van der Waals surface area contributed by atoms with Crippen molar-refractivity contribution in [3.05, 3.63) is 76.8 Å². The highest BCUT2D eigenvalue weighted by molar-refractivity contribution is 7.98. The molecule has 194 valence electrons. The van der Waals surface area contributed by atoms with E-state index in [-0.39, 0.29) is 32.4 Å². The standard InChI is InChI=1S/C25H23ClN2O7S2/c1-14(37(33,34)18-10-8-17(36-3)9-11-18)23(30)27-20-13-22(29)21(12-19(20)26)28-24(31)15-4-6-16(7-5-15)25(32)35-2/h4-14,29H,1-3H3,(H,27,30)(H,28,31). The van der Waals surface area contributed by atoms with Crippen LogP contribution < -0.4 is 10.6 Å². The number of carbonyl (C=O) groups is 3. The molecule has 0 aliphatic heterocycles. The lowest BCUT2D eigenvalue weighted by Crippen LogP contribution is -2.32. The van der Waals surface area contributed by atoms with Gasteiger partial charge in [0.1, 0.15) is 11.0 Å². The van der Waals surface area contributed by atoms with Crippen molar-refractivity contribution in [3.8, 4) is 5.75 Å². The predicted octanol–water partition coefficient (Wildman–Crippen LogP) is 4.61. The lowest BCUT2D eigenvalue weighted by Gasteiger charge is -2.16. The molecule has 3 rings (SSSR count). The Bertz CT molecular complexity index is 1440. The molecule has 0 saturated heterocycles. The van der Waals surface area contributed by atoms with Crippen molar-refractivity contribution < 1.29 is 32.6 Å². The summed E-state index contributed by atoms with van der Waals surface area (Å²) < 4.78 is 30.4. The molecule has 0 spiro atoms. The number of benzene rings is 3. The number of carbonyl (C=O) groups excluding carboxylic acids is 3. The van der Waals surface area contributed by atoms with Crippen LogP contribution in [0.3, 0.4) is 0 Å². The number of phenols is 1. The van der Waals surface area contributed by atoms with Gasteiger partial charge in [-0.05, 0) is 67.8 Å². The van der Waals surface area contributed by atoms with Gasteiger partial charge in [0.2, 0.25) is 5.91 Å². The molecular formula is C25H23ClN2O7S2. The molecule has 0 heterocycles. The van der Waals surface area contributed by atoms with Crippen LogP contribution in [0.25, 0.3) is 0 Å². The lowest BCUT2D eigenvalue weighted by molar-refractivity contribution is -0.115. The molecule has 1 atom stereocenters. The summed E-state index contributed by atoms with van der Waals surface area (Å²) >= 11 is 7.69. The number of amides is 2. The number of anilines is 2. The van der Waals surface area contributed by atoms with Gasteiger partial charge in [-0.3, -0.25) is 9.59 Å². The molecule has 0 saturated carbocycles. The summed E-state index contributed by atoms with van der Waals surface area (Å²) in [7, 11) is -2.74. The normalized spacial score (nSPS) is 11.9. The number of methoxy groups -OCH3 is 1. The van der Waals surface area contributed by atoms with Crippen molar-refractivity contribution in [2.24, 2.45) is 0 Å². The first-order valence-corrected chi connectivity index (χ1v) is 13.8. The zero-order valence-corrected chi connectivity index (χ0v) is 22.3. The molecule has 3 aromatic carbocycles. The number of nitrogens with one attached hydrogen (secondary N) is 2. The van der Waals surface area contributed by atoms with Gasteiger partial charge in [-0.1, -0.05) is 11.6 Å². The van der Waals surface area contributed by atoms with E-state index in [2.05, 4.69) is 15.4 Å². The topological polar surface area (TPSA) is 139 Å². The number of hydrogen-bond donors (Lipinski definition) is 3. The first-order valence-electron chi connectivity index (χ1n) is 10.7. The minimum absolute atomic E-state index is 0.000395. The van der Waals surface area contributed by atoms with Gasteiger partial charge >= 0.3 is 5.97 Å². The maximum atomic E-state index is 12.9. The number of aromatic hydroxyl groups is 1. The first kappa shape index (κ1) is 28.0. The van der Waals surface area contributed by atoms with Crippen LogP contribution in [0.1, 0.15) is 27.6 Å². The Balaban J connectivity index is 1.73. The van der Waals surface area contributed by atoms with Gasteiger partial charge in [0.05, 0.1) is 34.0 Å². The van der Waals surface area contributed by atoms with Gasteiger partial charge in [-0.15, -0.1) is 11.8 Å². The Kier molecular flexibility index (Phi) is 8.85. The van der Waals surface area contributed by atoms with Crippen LogP contribution >= 0.6 is 23.4 Å². The second kappa shape index (κ2) is 11.7. The zero-order chi connectivity index (χ0) is 27.3. The van der Waals surface area contributed by atoms with E-state index in [0.717, 1.165) is 11.0 Å². The molecule has 0 bridgehead atoms. The summed E-state index contributed by atoms with van der Waals surface area (Å²) in [6.07, 6.45) is 1.86. The maximum absolute atomic E-state index is 12.9. The maximum Gasteiger partial charge on any atom is 0.337 e. The highest BCUT2D eigenvalue weighted by Crippen LogP contribution is 2.34. The molecule has 0 aliphatic rings. The van der Waals surface area contributed by atoms with Crippen molar-refractivity contribution in [2.45, 2.75) is 22.0 Å². The Morgan fingerprint density at radius 3 is 2.11 bits per heavy atom. The Hall–Kier alpha value is -3.54. The van der Waals surface area contributed by atoms with Gasteiger partial charge in [0.25, 0.3) is 5.91 Å². The Labute approximate surface area is 223 Å². The summed E-state index contributed by atoms with van der Waals surface area (Å²) in [6, 6.07) is 14.1. The van der Waals surface area contributed by atoms with E-state index in [1.807, 2.05) is 6.26 Å². The molecule has 0 fully saturated rings.